The molecule has 1 aliphatic heterocycles. The molecule has 1 fully saturated rings. The maximum absolute atomic E-state index is 5.39. The van der Waals surface area contributed by atoms with E-state index in [1.54, 1.807) is 14.2 Å². The summed E-state index contributed by atoms with van der Waals surface area (Å²) in [6.07, 6.45) is 3.45. The minimum absolute atomic E-state index is 0.818. The minimum Gasteiger partial charge on any atom is -0.493 e. The SMILES string of the molecule is C=CC[Si]1(c2ccc(OC)c(OC)c2)CCC1. The molecule has 3 heteroatoms. The Labute approximate surface area is 104 Å². The smallest absolute Gasteiger partial charge is 0.160 e. The van der Waals surface area contributed by atoms with Crippen LogP contribution in [0.3, 0.4) is 0 Å². The van der Waals surface area contributed by atoms with Gasteiger partial charge >= 0.3 is 0 Å². The summed E-state index contributed by atoms with van der Waals surface area (Å²) in [4.78, 5) is 0. The van der Waals surface area contributed by atoms with Crippen LogP contribution in [-0.2, 0) is 0 Å². The van der Waals surface area contributed by atoms with Crippen LogP contribution in [0.4, 0.5) is 0 Å². The molecule has 0 aromatic heterocycles. The Balaban J connectivity index is 2.35. The molecule has 0 amide bonds. The lowest BCUT2D eigenvalue weighted by atomic mass is 10.3. The van der Waals surface area contributed by atoms with Crippen LogP contribution in [0.25, 0.3) is 0 Å². The summed E-state index contributed by atoms with van der Waals surface area (Å²) in [7, 11) is 2.12. The van der Waals surface area contributed by atoms with Gasteiger partial charge in [0.05, 0.1) is 22.3 Å². The average molecular weight is 248 g/mol. The molecule has 92 valence electrons. The van der Waals surface area contributed by atoms with Crippen molar-refractivity contribution >= 4 is 13.3 Å². The molecule has 0 N–H and O–H groups in total. The highest BCUT2D eigenvalue weighted by molar-refractivity contribution is 6.94. The number of allylic oxidation sites excluding steroid dienone is 1. The Bertz CT molecular complexity index is 411. The van der Waals surface area contributed by atoms with Gasteiger partial charge in [-0.1, -0.05) is 35.8 Å². The van der Waals surface area contributed by atoms with Crippen LogP contribution in [0.5, 0.6) is 11.5 Å². The lowest BCUT2D eigenvalue weighted by molar-refractivity contribution is 0.355. The molecule has 0 radical (unpaired) electrons. The van der Waals surface area contributed by atoms with E-state index in [0.29, 0.717) is 0 Å². The number of benzene rings is 1. The maximum atomic E-state index is 5.39. The second-order valence-corrected chi connectivity index (χ2v) is 9.24. The fourth-order valence-corrected chi connectivity index (χ4v) is 6.51. The number of hydrogen-bond acceptors (Lipinski definition) is 2. The van der Waals surface area contributed by atoms with Crippen LogP contribution in [0.2, 0.25) is 18.1 Å². The molecule has 1 heterocycles. The van der Waals surface area contributed by atoms with Crippen LogP contribution in [0.15, 0.2) is 30.9 Å². The van der Waals surface area contributed by atoms with Crippen molar-refractivity contribution in [2.24, 2.45) is 0 Å². The third kappa shape index (κ3) is 2.11. The van der Waals surface area contributed by atoms with E-state index in [2.05, 4.69) is 24.8 Å². The number of methoxy groups -OCH3 is 2. The van der Waals surface area contributed by atoms with E-state index in [4.69, 9.17) is 9.47 Å². The molecular formula is C14H20O2Si. The van der Waals surface area contributed by atoms with E-state index in [1.807, 2.05) is 6.07 Å². The molecule has 1 saturated heterocycles. The Morgan fingerprint density at radius 2 is 1.94 bits per heavy atom. The van der Waals surface area contributed by atoms with Gasteiger partial charge in [0.25, 0.3) is 0 Å². The minimum atomic E-state index is -1.26. The van der Waals surface area contributed by atoms with Crippen LogP contribution in [-0.4, -0.2) is 22.3 Å². The lowest BCUT2D eigenvalue weighted by Gasteiger charge is -2.40. The van der Waals surface area contributed by atoms with E-state index in [1.165, 1.54) is 29.7 Å². The molecule has 1 aromatic rings. The third-order valence-electron chi connectivity index (χ3n) is 3.84. The predicted molar refractivity (Wildman–Crippen MR) is 74.2 cm³/mol. The average Bonchev–Trinajstić information content (AvgIpc) is 2.33. The molecule has 2 rings (SSSR count). The largest absolute Gasteiger partial charge is 0.493 e. The van der Waals surface area contributed by atoms with Crippen LogP contribution >= 0.6 is 0 Å². The van der Waals surface area contributed by atoms with Gasteiger partial charge in [-0.3, -0.25) is 0 Å². The van der Waals surface area contributed by atoms with Gasteiger partial charge in [-0.25, -0.2) is 0 Å². The number of hydrogen-bond donors (Lipinski definition) is 0. The van der Waals surface area contributed by atoms with E-state index in [-0.39, 0.29) is 0 Å². The van der Waals surface area contributed by atoms with Gasteiger partial charge in [-0.05, 0) is 18.2 Å². The standard InChI is InChI=1S/C14H20O2Si/c1-4-8-17(9-5-10-17)12-6-7-13(15-2)14(11-12)16-3/h4,6-7,11H,1,5,8-10H2,2-3H3. The molecule has 0 atom stereocenters. The second-order valence-electron chi connectivity index (χ2n) is 4.70. The zero-order valence-electron chi connectivity index (χ0n) is 10.7. The van der Waals surface area contributed by atoms with Crippen LogP contribution in [0, 0.1) is 0 Å². The topological polar surface area (TPSA) is 18.5 Å². The van der Waals surface area contributed by atoms with E-state index < -0.39 is 8.07 Å². The van der Waals surface area contributed by atoms with Crippen LogP contribution in [0.1, 0.15) is 6.42 Å². The molecule has 1 aromatic carbocycles. The highest BCUT2D eigenvalue weighted by Crippen LogP contribution is 2.37. The molecule has 0 spiro atoms. The highest BCUT2D eigenvalue weighted by atomic mass is 28.3. The summed E-state index contributed by atoms with van der Waals surface area (Å²) in [6.45, 7) is 3.91. The third-order valence-corrected chi connectivity index (χ3v) is 9.07. The predicted octanol–water partition coefficient (Wildman–Crippen LogP) is 2.95. The number of ether oxygens (including phenoxy) is 2. The zero-order valence-corrected chi connectivity index (χ0v) is 11.7. The monoisotopic (exact) mass is 248 g/mol. The first-order chi connectivity index (χ1) is 8.25. The fourth-order valence-electron chi connectivity index (χ4n) is 2.66. The molecule has 17 heavy (non-hydrogen) atoms. The molecule has 0 aliphatic carbocycles. The summed E-state index contributed by atoms with van der Waals surface area (Å²) in [5.41, 5.74) is 0. The van der Waals surface area contributed by atoms with Gasteiger partial charge in [0.2, 0.25) is 0 Å². The summed E-state index contributed by atoms with van der Waals surface area (Å²) in [5, 5.41) is 1.49. The first-order valence-electron chi connectivity index (χ1n) is 6.09. The molecule has 0 bridgehead atoms. The number of rotatable bonds is 5. The van der Waals surface area contributed by atoms with Crippen molar-refractivity contribution in [1.29, 1.82) is 0 Å². The quantitative estimate of drug-likeness (QED) is 0.589. The van der Waals surface area contributed by atoms with Crippen molar-refractivity contribution in [2.75, 3.05) is 14.2 Å². The summed E-state index contributed by atoms with van der Waals surface area (Å²) < 4.78 is 10.7. The Morgan fingerprint density at radius 1 is 1.24 bits per heavy atom. The van der Waals surface area contributed by atoms with Crippen molar-refractivity contribution in [3.05, 3.63) is 30.9 Å². The van der Waals surface area contributed by atoms with Crippen molar-refractivity contribution in [3.8, 4) is 11.5 Å². The Kier molecular flexibility index (Phi) is 3.57. The maximum Gasteiger partial charge on any atom is 0.160 e. The first-order valence-corrected chi connectivity index (χ1v) is 8.71. The van der Waals surface area contributed by atoms with Crippen molar-refractivity contribution < 1.29 is 9.47 Å². The van der Waals surface area contributed by atoms with Crippen molar-refractivity contribution in [3.63, 3.8) is 0 Å². The van der Waals surface area contributed by atoms with Gasteiger partial charge < -0.3 is 9.47 Å². The van der Waals surface area contributed by atoms with Gasteiger partial charge in [-0.2, -0.15) is 0 Å². The molecule has 0 unspecified atom stereocenters. The second kappa shape index (κ2) is 4.96. The van der Waals surface area contributed by atoms with Crippen molar-refractivity contribution in [2.45, 2.75) is 24.6 Å². The molecule has 1 aliphatic rings. The first kappa shape index (κ1) is 12.2. The fraction of sp³-hybridized carbons (Fsp3) is 0.429. The molecule has 2 nitrogen and oxygen atoms in total. The molecule has 0 saturated carbocycles. The van der Waals surface area contributed by atoms with E-state index in [9.17, 15) is 0 Å². The van der Waals surface area contributed by atoms with Gasteiger partial charge in [0.15, 0.2) is 11.5 Å². The normalized spacial score (nSPS) is 17.1. The summed E-state index contributed by atoms with van der Waals surface area (Å²) in [6, 6.07) is 10.4. The summed E-state index contributed by atoms with van der Waals surface area (Å²) in [5.74, 6) is 1.67. The van der Waals surface area contributed by atoms with E-state index >= 15 is 0 Å². The van der Waals surface area contributed by atoms with Gasteiger partial charge in [-0.15, -0.1) is 6.58 Å². The van der Waals surface area contributed by atoms with Gasteiger partial charge in [0.1, 0.15) is 0 Å². The lowest BCUT2D eigenvalue weighted by Crippen LogP contribution is -2.52. The van der Waals surface area contributed by atoms with E-state index in [0.717, 1.165) is 11.5 Å². The molecular weight excluding hydrogens is 228 g/mol. The highest BCUT2D eigenvalue weighted by Gasteiger charge is 2.40. The zero-order chi connectivity index (χ0) is 12.3. The Morgan fingerprint density at radius 3 is 2.41 bits per heavy atom. The summed E-state index contributed by atoms with van der Waals surface area (Å²) >= 11 is 0. The van der Waals surface area contributed by atoms with Crippen molar-refractivity contribution in [1.82, 2.24) is 0 Å². The van der Waals surface area contributed by atoms with Gasteiger partial charge in [0, 0.05) is 0 Å². The van der Waals surface area contributed by atoms with Crippen LogP contribution < -0.4 is 14.7 Å². The Hall–Kier alpha value is -1.22.